The predicted molar refractivity (Wildman–Crippen MR) is 74.3 cm³/mol. The maximum absolute atomic E-state index is 12.3. The number of nitrogens with zero attached hydrogens (tertiary/aromatic N) is 1. The van der Waals surface area contributed by atoms with E-state index in [-0.39, 0.29) is 18.1 Å². The van der Waals surface area contributed by atoms with Crippen LogP contribution in [-0.4, -0.2) is 36.2 Å². The molecule has 1 saturated heterocycles. The molecule has 1 aromatic heterocycles. The lowest BCUT2D eigenvalue weighted by Gasteiger charge is -2.28. The first-order chi connectivity index (χ1) is 9.20. The van der Waals surface area contributed by atoms with Gasteiger partial charge < -0.3 is 15.4 Å². The number of aromatic nitrogens is 1. The minimum Gasteiger partial charge on any atom is -0.378 e. The third-order valence-electron chi connectivity index (χ3n) is 3.22. The lowest BCUT2D eigenvalue weighted by atomic mass is 10.0. The van der Waals surface area contributed by atoms with Crippen molar-refractivity contribution in [1.82, 2.24) is 10.3 Å². The van der Waals surface area contributed by atoms with Crippen molar-refractivity contribution < 1.29 is 9.53 Å². The van der Waals surface area contributed by atoms with Crippen LogP contribution in [0.1, 0.15) is 37.0 Å². The van der Waals surface area contributed by atoms with E-state index in [0.29, 0.717) is 18.0 Å². The van der Waals surface area contributed by atoms with E-state index in [0.717, 1.165) is 19.4 Å². The van der Waals surface area contributed by atoms with E-state index in [1.165, 1.54) is 0 Å². The lowest BCUT2D eigenvalue weighted by molar-refractivity contribution is 0.0137. The SMILES string of the molecule is CCNc1ncccc1C(=O)NC1CCOC(C)C1. The smallest absolute Gasteiger partial charge is 0.255 e. The maximum atomic E-state index is 12.3. The molecule has 2 atom stereocenters. The number of hydrogen-bond acceptors (Lipinski definition) is 4. The fourth-order valence-corrected chi connectivity index (χ4v) is 2.29. The Morgan fingerprint density at radius 3 is 3.16 bits per heavy atom. The molecule has 0 bridgehead atoms. The summed E-state index contributed by atoms with van der Waals surface area (Å²) in [6, 6.07) is 3.76. The van der Waals surface area contributed by atoms with Gasteiger partial charge in [-0.15, -0.1) is 0 Å². The quantitative estimate of drug-likeness (QED) is 0.869. The van der Waals surface area contributed by atoms with E-state index < -0.39 is 0 Å². The molecule has 104 valence electrons. The van der Waals surface area contributed by atoms with Crippen LogP contribution in [0.15, 0.2) is 18.3 Å². The van der Waals surface area contributed by atoms with Crippen molar-refractivity contribution in [3.8, 4) is 0 Å². The molecule has 1 fully saturated rings. The molecular weight excluding hydrogens is 242 g/mol. The highest BCUT2D eigenvalue weighted by atomic mass is 16.5. The molecule has 1 aliphatic heterocycles. The zero-order valence-electron chi connectivity index (χ0n) is 11.5. The van der Waals surface area contributed by atoms with E-state index in [2.05, 4.69) is 15.6 Å². The number of carbonyl (C=O) groups excluding carboxylic acids is 1. The van der Waals surface area contributed by atoms with Gasteiger partial charge in [0.1, 0.15) is 5.82 Å². The van der Waals surface area contributed by atoms with Crippen LogP contribution in [0.2, 0.25) is 0 Å². The average molecular weight is 263 g/mol. The highest BCUT2D eigenvalue weighted by Crippen LogP contribution is 2.16. The average Bonchev–Trinajstić information content (AvgIpc) is 2.39. The third kappa shape index (κ3) is 3.67. The normalized spacial score (nSPS) is 22.8. The van der Waals surface area contributed by atoms with Crippen molar-refractivity contribution in [3.63, 3.8) is 0 Å². The van der Waals surface area contributed by atoms with Crippen molar-refractivity contribution in [1.29, 1.82) is 0 Å². The van der Waals surface area contributed by atoms with Gasteiger partial charge in [0.15, 0.2) is 0 Å². The summed E-state index contributed by atoms with van der Waals surface area (Å²) in [7, 11) is 0. The molecule has 0 aromatic carbocycles. The summed E-state index contributed by atoms with van der Waals surface area (Å²) in [5, 5.41) is 6.17. The standard InChI is InChI=1S/C14H21N3O2/c1-3-15-13-12(5-4-7-16-13)14(18)17-11-6-8-19-10(2)9-11/h4-5,7,10-11H,3,6,8-9H2,1-2H3,(H,15,16)(H,17,18). The van der Waals surface area contributed by atoms with Crippen LogP contribution in [0.5, 0.6) is 0 Å². The molecular formula is C14H21N3O2. The van der Waals surface area contributed by atoms with E-state index in [4.69, 9.17) is 4.74 Å². The summed E-state index contributed by atoms with van der Waals surface area (Å²) in [5.74, 6) is 0.575. The van der Waals surface area contributed by atoms with Crippen molar-refractivity contribution in [3.05, 3.63) is 23.9 Å². The Hall–Kier alpha value is -1.62. The molecule has 2 rings (SSSR count). The molecule has 5 heteroatoms. The molecule has 2 unspecified atom stereocenters. The number of pyridine rings is 1. The predicted octanol–water partition coefficient (Wildman–Crippen LogP) is 1.81. The molecule has 2 heterocycles. The number of amides is 1. The fraction of sp³-hybridized carbons (Fsp3) is 0.571. The van der Waals surface area contributed by atoms with E-state index in [1.807, 2.05) is 13.8 Å². The summed E-state index contributed by atoms with van der Waals surface area (Å²) in [6.45, 7) is 5.47. The topological polar surface area (TPSA) is 63.2 Å². The number of anilines is 1. The Morgan fingerprint density at radius 1 is 1.58 bits per heavy atom. The van der Waals surface area contributed by atoms with Gasteiger partial charge in [-0.2, -0.15) is 0 Å². The van der Waals surface area contributed by atoms with Gasteiger partial charge in [-0.1, -0.05) is 0 Å². The summed E-state index contributed by atoms with van der Waals surface area (Å²) in [6.07, 6.45) is 3.63. The van der Waals surface area contributed by atoms with E-state index in [1.54, 1.807) is 18.3 Å². The van der Waals surface area contributed by atoms with Gasteiger partial charge in [0.05, 0.1) is 11.7 Å². The Labute approximate surface area is 113 Å². The minimum atomic E-state index is -0.0665. The summed E-state index contributed by atoms with van der Waals surface area (Å²) < 4.78 is 5.48. The molecule has 0 aliphatic carbocycles. The lowest BCUT2D eigenvalue weighted by Crippen LogP contribution is -2.41. The van der Waals surface area contributed by atoms with Gasteiger partial charge in [0.25, 0.3) is 5.91 Å². The van der Waals surface area contributed by atoms with Gasteiger partial charge >= 0.3 is 0 Å². The summed E-state index contributed by atoms with van der Waals surface area (Å²) in [5.41, 5.74) is 0.600. The first kappa shape index (κ1) is 13.8. The second-order valence-corrected chi connectivity index (χ2v) is 4.81. The summed E-state index contributed by atoms with van der Waals surface area (Å²) >= 11 is 0. The second-order valence-electron chi connectivity index (χ2n) is 4.81. The zero-order valence-corrected chi connectivity index (χ0v) is 11.5. The van der Waals surface area contributed by atoms with Crippen LogP contribution in [0.3, 0.4) is 0 Å². The minimum absolute atomic E-state index is 0.0665. The Morgan fingerprint density at radius 2 is 2.42 bits per heavy atom. The van der Waals surface area contributed by atoms with Crippen LogP contribution in [0.25, 0.3) is 0 Å². The molecule has 5 nitrogen and oxygen atoms in total. The van der Waals surface area contributed by atoms with Crippen molar-refractivity contribution in [2.45, 2.75) is 38.8 Å². The highest BCUT2D eigenvalue weighted by molar-refractivity contribution is 5.98. The van der Waals surface area contributed by atoms with Crippen LogP contribution in [0.4, 0.5) is 5.82 Å². The number of ether oxygens (including phenoxy) is 1. The number of nitrogens with one attached hydrogen (secondary N) is 2. The van der Waals surface area contributed by atoms with Crippen molar-refractivity contribution >= 4 is 11.7 Å². The van der Waals surface area contributed by atoms with Crippen LogP contribution < -0.4 is 10.6 Å². The van der Waals surface area contributed by atoms with Crippen LogP contribution in [-0.2, 0) is 4.74 Å². The van der Waals surface area contributed by atoms with Gasteiger partial charge in [-0.25, -0.2) is 4.98 Å². The zero-order chi connectivity index (χ0) is 13.7. The monoisotopic (exact) mass is 263 g/mol. The fourth-order valence-electron chi connectivity index (χ4n) is 2.29. The van der Waals surface area contributed by atoms with E-state index in [9.17, 15) is 4.79 Å². The Balaban J connectivity index is 2.03. The first-order valence-electron chi connectivity index (χ1n) is 6.82. The first-order valence-corrected chi connectivity index (χ1v) is 6.82. The molecule has 19 heavy (non-hydrogen) atoms. The van der Waals surface area contributed by atoms with E-state index >= 15 is 0 Å². The molecule has 1 amide bonds. The molecule has 0 saturated carbocycles. The highest BCUT2D eigenvalue weighted by Gasteiger charge is 2.22. The molecule has 1 aromatic rings. The largest absolute Gasteiger partial charge is 0.378 e. The van der Waals surface area contributed by atoms with Crippen LogP contribution >= 0.6 is 0 Å². The Kier molecular flexibility index (Phi) is 4.74. The molecule has 0 spiro atoms. The van der Waals surface area contributed by atoms with Gasteiger partial charge in [0, 0.05) is 25.4 Å². The van der Waals surface area contributed by atoms with Gasteiger partial charge in [-0.3, -0.25) is 4.79 Å². The van der Waals surface area contributed by atoms with Crippen LogP contribution in [0, 0.1) is 0 Å². The van der Waals surface area contributed by atoms with Gasteiger partial charge in [-0.05, 0) is 38.8 Å². The summed E-state index contributed by atoms with van der Waals surface area (Å²) in [4.78, 5) is 16.5. The number of rotatable bonds is 4. The molecule has 2 N–H and O–H groups in total. The number of hydrogen-bond donors (Lipinski definition) is 2. The van der Waals surface area contributed by atoms with Crippen molar-refractivity contribution in [2.75, 3.05) is 18.5 Å². The number of carbonyl (C=O) groups is 1. The van der Waals surface area contributed by atoms with Gasteiger partial charge in [0.2, 0.25) is 0 Å². The molecule has 1 aliphatic rings. The van der Waals surface area contributed by atoms with Crippen molar-refractivity contribution in [2.24, 2.45) is 0 Å². The third-order valence-corrected chi connectivity index (χ3v) is 3.22. The molecule has 0 radical (unpaired) electrons. The maximum Gasteiger partial charge on any atom is 0.255 e. The second kappa shape index (κ2) is 6.52. The Bertz CT molecular complexity index is 436.